The lowest BCUT2D eigenvalue weighted by molar-refractivity contribution is -0.130. The number of hydrogen-bond donors (Lipinski definition) is 1. The van der Waals surface area contributed by atoms with Crippen molar-refractivity contribution in [3.05, 3.63) is 78.1 Å². The highest BCUT2D eigenvalue weighted by Gasteiger charge is 2.21. The highest BCUT2D eigenvalue weighted by molar-refractivity contribution is 5.94. The molecule has 0 saturated carbocycles. The molecule has 0 aliphatic carbocycles. The van der Waals surface area contributed by atoms with Gasteiger partial charge in [0.1, 0.15) is 12.5 Å². The average molecular weight is 516 g/mol. The van der Waals surface area contributed by atoms with Crippen molar-refractivity contribution in [1.29, 1.82) is 0 Å². The van der Waals surface area contributed by atoms with E-state index in [0.29, 0.717) is 50.8 Å². The van der Waals surface area contributed by atoms with Crippen LogP contribution in [0.4, 0.5) is 11.5 Å². The van der Waals surface area contributed by atoms with Gasteiger partial charge < -0.3 is 29.3 Å². The Morgan fingerprint density at radius 3 is 2.47 bits per heavy atom. The van der Waals surface area contributed by atoms with Crippen molar-refractivity contribution in [2.75, 3.05) is 49.6 Å². The molecule has 2 aliphatic rings. The van der Waals surface area contributed by atoms with Crippen LogP contribution in [0, 0.1) is 0 Å². The molecule has 2 amide bonds. The van der Waals surface area contributed by atoms with Crippen molar-refractivity contribution < 1.29 is 14.3 Å². The number of nitrogens with zero attached hydrogens (tertiary/aromatic N) is 6. The number of hydrogen-bond acceptors (Lipinski definition) is 7. The normalized spacial score (nSPS) is 15.1. The van der Waals surface area contributed by atoms with E-state index >= 15 is 0 Å². The van der Waals surface area contributed by atoms with Crippen LogP contribution in [-0.2, 0) is 22.6 Å². The summed E-state index contributed by atoms with van der Waals surface area (Å²) in [6.07, 6.45) is 7.71. The zero-order valence-electron chi connectivity index (χ0n) is 21.8. The first-order valence-electron chi connectivity index (χ1n) is 13.0. The van der Waals surface area contributed by atoms with Gasteiger partial charge in [-0.15, -0.1) is 0 Å². The minimum atomic E-state index is -0.0341. The van der Waals surface area contributed by atoms with Gasteiger partial charge in [-0.3, -0.25) is 9.59 Å². The van der Waals surface area contributed by atoms with Gasteiger partial charge in [0.15, 0.2) is 5.82 Å². The van der Waals surface area contributed by atoms with Gasteiger partial charge in [0.25, 0.3) is 5.91 Å². The number of ether oxygens (including phenoxy) is 1. The fourth-order valence-electron chi connectivity index (χ4n) is 4.68. The van der Waals surface area contributed by atoms with Crippen molar-refractivity contribution in [2.24, 2.45) is 0 Å². The van der Waals surface area contributed by atoms with E-state index in [1.165, 1.54) is 0 Å². The largest absolute Gasteiger partial charge is 0.378 e. The third-order valence-electron chi connectivity index (χ3n) is 6.86. The maximum Gasteiger partial charge on any atom is 0.255 e. The van der Waals surface area contributed by atoms with Crippen LogP contribution in [0.5, 0.6) is 0 Å². The summed E-state index contributed by atoms with van der Waals surface area (Å²) in [5.74, 6) is 1.53. The number of rotatable bonds is 8. The quantitative estimate of drug-likeness (QED) is 0.493. The Hall–Kier alpha value is -4.18. The highest BCUT2D eigenvalue weighted by Crippen LogP contribution is 2.26. The third kappa shape index (κ3) is 5.55. The van der Waals surface area contributed by atoms with Crippen LogP contribution in [0.15, 0.2) is 61.2 Å². The van der Waals surface area contributed by atoms with E-state index in [2.05, 4.69) is 24.8 Å². The minimum Gasteiger partial charge on any atom is -0.378 e. The first kappa shape index (κ1) is 25.5. The van der Waals surface area contributed by atoms with Crippen LogP contribution in [-0.4, -0.2) is 75.5 Å². The number of carbonyl (C=O) groups excluding carboxylic acids is 2. The maximum atomic E-state index is 12.7. The maximum absolute atomic E-state index is 12.7. The van der Waals surface area contributed by atoms with Gasteiger partial charge in [-0.05, 0) is 43.7 Å². The van der Waals surface area contributed by atoms with E-state index < -0.39 is 0 Å². The van der Waals surface area contributed by atoms with E-state index in [1.807, 2.05) is 61.5 Å². The number of imidazole rings is 1. The molecule has 1 fully saturated rings. The summed E-state index contributed by atoms with van der Waals surface area (Å²) in [5.41, 5.74) is 3.34. The summed E-state index contributed by atoms with van der Waals surface area (Å²) in [6.45, 7) is 8.36. The number of morpholine rings is 1. The number of likely N-dealkylation sites (N-methyl/N-ethyl adjacent to an activating group) is 1. The Morgan fingerprint density at radius 1 is 1.03 bits per heavy atom. The Morgan fingerprint density at radius 2 is 1.79 bits per heavy atom. The molecule has 1 N–H and O–H groups in total. The molecule has 1 aromatic carbocycles. The summed E-state index contributed by atoms with van der Waals surface area (Å²) < 4.78 is 7.39. The Bertz CT molecular complexity index is 1290. The van der Waals surface area contributed by atoms with Gasteiger partial charge in [-0.1, -0.05) is 12.1 Å². The van der Waals surface area contributed by atoms with Crippen molar-refractivity contribution in [3.63, 3.8) is 0 Å². The van der Waals surface area contributed by atoms with Crippen molar-refractivity contribution >= 4 is 29.0 Å². The average Bonchev–Trinajstić information content (AvgIpc) is 3.44. The highest BCUT2D eigenvalue weighted by atomic mass is 16.5. The number of anilines is 2. The first-order chi connectivity index (χ1) is 18.6. The number of nitrogens with one attached hydrogen (secondary N) is 1. The fourth-order valence-corrected chi connectivity index (χ4v) is 4.68. The summed E-state index contributed by atoms with van der Waals surface area (Å²) in [5, 5.41) is 3.36. The van der Waals surface area contributed by atoms with Crippen LogP contribution in [0.1, 0.15) is 35.6 Å². The molecule has 5 rings (SSSR count). The molecule has 0 radical (unpaired) electrons. The molecular weight excluding hydrogens is 482 g/mol. The van der Waals surface area contributed by atoms with E-state index in [1.54, 1.807) is 23.4 Å². The van der Waals surface area contributed by atoms with E-state index in [9.17, 15) is 9.59 Å². The molecule has 4 heterocycles. The molecular formula is C28H33N7O3. The second kappa shape index (κ2) is 11.5. The van der Waals surface area contributed by atoms with Gasteiger partial charge in [-0.2, -0.15) is 0 Å². The molecule has 10 nitrogen and oxygen atoms in total. The molecule has 0 atom stereocenters. The van der Waals surface area contributed by atoms with Crippen molar-refractivity contribution in [1.82, 2.24) is 24.3 Å². The SMILES string of the molecule is CCN(CC)C(=O)Cc1ccc(N2C=C(Nc3ccc(C(=O)N4CCOCC4)cn3)c3nccn3C2)cc1. The fraction of sp³-hybridized carbons (Fsp3) is 0.357. The number of fused-ring (bicyclic) bond motifs is 1. The summed E-state index contributed by atoms with van der Waals surface area (Å²) in [4.78, 5) is 40.0. The van der Waals surface area contributed by atoms with Gasteiger partial charge >= 0.3 is 0 Å². The monoisotopic (exact) mass is 515 g/mol. The number of carbonyl (C=O) groups is 2. The molecule has 3 aromatic rings. The first-order valence-corrected chi connectivity index (χ1v) is 13.0. The molecule has 2 aromatic heterocycles. The predicted molar refractivity (Wildman–Crippen MR) is 145 cm³/mol. The Labute approximate surface area is 222 Å². The zero-order valence-corrected chi connectivity index (χ0v) is 21.8. The van der Waals surface area contributed by atoms with Crippen LogP contribution < -0.4 is 10.2 Å². The minimum absolute atomic E-state index is 0.0341. The number of amides is 2. The van der Waals surface area contributed by atoms with E-state index in [-0.39, 0.29) is 11.8 Å². The lowest BCUT2D eigenvalue weighted by Crippen LogP contribution is -2.40. The van der Waals surface area contributed by atoms with Gasteiger partial charge in [0, 0.05) is 56.7 Å². The lowest BCUT2D eigenvalue weighted by Gasteiger charge is -2.29. The standard InChI is InChI=1S/C28H33N7O3/c1-3-32(4-2)26(36)17-21-5-8-23(9-6-21)35-19-24(27-29-11-12-34(27)20-35)31-25-10-7-22(18-30-25)28(37)33-13-15-38-16-14-33/h5-12,18-19H,3-4,13-17,20H2,1-2H3,(H,30,31). The lowest BCUT2D eigenvalue weighted by atomic mass is 10.1. The second-order valence-corrected chi connectivity index (χ2v) is 9.25. The third-order valence-corrected chi connectivity index (χ3v) is 6.86. The predicted octanol–water partition coefficient (Wildman–Crippen LogP) is 3.05. The zero-order chi connectivity index (χ0) is 26.5. The van der Waals surface area contributed by atoms with E-state index in [4.69, 9.17) is 4.74 Å². The summed E-state index contributed by atoms with van der Waals surface area (Å²) >= 11 is 0. The number of pyridine rings is 1. The smallest absolute Gasteiger partial charge is 0.255 e. The number of benzene rings is 1. The molecule has 198 valence electrons. The summed E-state index contributed by atoms with van der Waals surface area (Å²) in [6, 6.07) is 11.7. The van der Waals surface area contributed by atoms with Gasteiger partial charge in [0.05, 0.1) is 30.9 Å². The van der Waals surface area contributed by atoms with Gasteiger partial charge in [0.2, 0.25) is 5.91 Å². The van der Waals surface area contributed by atoms with E-state index in [0.717, 1.165) is 35.9 Å². The van der Waals surface area contributed by atoms with Crippen LogP contribution in [0.2, 0.25) is 0 Å². The van der Waals surface area contributed by atoms with Crippen molar-refractivity contribution in [2.45, 2.75) is 26.9 Å². The van der Waals surface area contributed by atoms with Crippen LogP contribution in [0.25, 0.3) is 5.70 Å². The molecule has 2 aliphatic heterocycles. The molecule has 0 bridgehead atoms. The molecule has 10 heteroatoms. The van der Waals surface area contributed by atoms with Crippen LogP contribution in [0.3, 0.4) is 0 Å². The Balaban J connectivity index is 1.30. The number of aromatic nitrogens is 3. The molecule has 38 heavy (non-hydrogen) atoms. The van der Waals surface area contributed by atoms with Crippen molar-refractivity contribution in [3.8, 4) is 0 Å². The second-order valence-electron chi connectivity index (χ2n) is 9.25. The van der Waals surface area contributed by atoms with Crippen LogP contribution >= 0.6 is 0 Å². The topological polar surface area (TPSA) is 95.8 Å². The molecule has 1 saturated heterocycles. The molecule has 0 spiro atoms. The molecule has 0 unspecified atom stereocenters. The Kier molecular flexibility index (Phi) is 7.69. The summed E-state index contributed by atoms with van der Waals surface area (Å²) in [7, 11) is 0. The van der Waals surface area contributed by atoms with Gasteiger partial charge in [-0.25, -0.2) is 9.97 Å².